The molecule has 14 heavy (non-hydrogen) atoms. The number of nitrogens with two attached hydrogens (primary N) is 1. The Hall–Kier alpha value is -1.93. The maximum absolute atomic E-state index is 8.07. The zero-order valence-electron chi connectivity index (χ0n) is 8.01. The molecule has 0 unspecified atom stereocenters. The minimum atomic E-state index is 0.351. The first kappa shape index (κ1) is 10.2. The van der Waals surface area contributed by atoms with Crippen molar-refractivity contribution in [3.63, 3.8) is 0 Å². The van der Waals surface area contributed by atoms with E-state index in [2.05, 4.69) is 10.0 Å². The number of nitrogen functional groups attached to an aromatic ring is 1. The van der Waals surface area contributed by atoms with Crippen molar-refractivity contribution in [3.8, 4) is 0 Å². The van der Waals surface area contributed by atoms with Gasteiger partial charge in [0, 0.05) is 17.1 Å². The van der Waals surface area contributed by atoms with Crippen LogP contribution in [0.3, 0.4) is 0 Å². The predicted molar refractivity (Wildman–Crippen MR) is 58.6 cm³/mol. The molecule has 0 aliphatic carbocycles. The van der Waals surface area contributed by atoms with Gasteiger partial charge in [0.2, 0.25) is 0 Å². The Kier molecular flexibility index (Phi) is 3.58. The molecule has 0 saturated heterocycles. The molecule has 0 aliphatic rings. The van der Waals surface area contributed by atoms with Gasteiger partial charge in [0.05, 0.1) is 0 Å². The normalized spacial score (nSPS) is 10.1. The number of hydrogen-bond donors (Lipinski definition) is 1. The Morgan fingerprint density at radius 3 is 3.00 bits per heavy atom. The first-order valence-electron chi connectivity index (χ1n) is 4.28. The predicted octanol–water partition coefficient (Wildman–Crippen LogP) is 2.90. The number of hydrogen-bond acceptors (Lipinski definition) is 2. The van der Waals surface area contributed by atoms with Crippen molar-refractivity contribution in [2.24, 2.45) is 5.11 Å². The Labute approximate surface area is 82.7 Å². The monoisotopic (exact) mass is 188 g/mol. The number of anilines is 1. The highest BCUT2D eigenvalue weighted by Crippen LogP contribution is 2.17. The van der Waals surface area contributed by atoms with E-state index in [0.717, 1.165) is 16.8 Å². The van der Waals surface area contributed by atoms with Gasteiger partial charge in [-0.05, 0) is 29.6 Å². The van der Waals surface area contributed by atoms with Crippen molar-refractivity contribution in [1.82, 2.24) is 0 Å². The van der Waals surface area contributed by atoms with Crippen LogP contribution in [0.25, 0.3) is 16.5 Å². The highest BCUT2D eigenvalue weighted by Gasteiger charge is 1.96. The molecule has 2 N–H and O–H groups in total. The van der Waals surface area contributed by atoms with Crippen LogP contribution < -0.4 is 5.73 Å². The van der Waals surface area contributed by atoms with E-state index in [0.29, 0.717) is 6.54 Å². The Bertz CT molecular complexity index is 369. The topological polar surface area (TPSA) is 74.8 Å². The number of aryl methyl sites for hydroxylation is 1. The molecular weight excluding hydrogens is 176 g/mol. The summed E-state index contributed by atoms with van der Waals surface area (Å²) in [5.41, 5.74) is 16.7. The third-order valence-electron chi connectivity index (χ3n) is 1.89. The molecule has 0 spiro atoms. The second-order valence-electron chi connectivity index (χ2n) is 2.89. The zero-order chi connectivity index (χ0) is 10.4. The SMILES string of the molecule is Cc1cccc(N)c1C=CCN=[N+]=[N-]. The van der Waals surface area contributed by atoms with Gasteiger partial charge in [-0.2, -0.15) is 0 Å². The largest absolute Gasteiger partial charge is 0.398 e. The first-order chi connectivity index (χ1) is 6.75. The van der Waals surface area contributed by atoms with Gasteiger partial charge in [-0.25, -0.2) is 0 Å². The second-order valence-corrected chi connectivity index (χ2v) is 2.89. The third kappa shape index (κ3) is 2.54. The van der Waals surface area contributed by atoms with Crippen molar-refractivity contribution < 1.29 is 0 Å². The maximum atomic E-state index is 8.07. The Morgan fingerprint density at radius 2 is 2.36 bits per heavy atom. The molecule has 4 heteroatoms. The molecule has 0 amide bonds. The van der Waals surface area contributed by atoms with Crippen LogP contribution in [0.5, 0.6) is 0 Å². The van der Waals surface area contributed by atoms with Crippen LogP contribution in [0.2, 0.25) is 0 Å². The summed E-state index contributed by atoms with van der Waals surface area (Å²) in [7, 11) is 0. The van der Waals surface area contributed by atoms with Crippen molar-refractivity contribution in [2.75, 3.05) is 12.3 Å². The van der Waals surface area contributed by atoms with Crippen molar-refractivity contribution in [3.05, 3.63) is 45.8 Å². The van der Waals surface area contributed by atoms with Crippen molar-refractivity contribution in [2.45, 2.75) is 6.92 Å². The van der Waals surface area contributed by atoms with E-state index in [1.54, 1.807) is 6.08 Å². The molecule has 1 aromatic carbocycles. The lowest BCUT2D eigenvalue weighted by Gasteiger charge is -2.03. The quantitative estimate of drug-likeness (QED) is 0.336. The van der Waals surface area contributed by atoms with Crippen LogP contribution in [0, 0.1) is 6.92 Å². The van der Waals surface area contributed by atoms with E-state index in [1.807, 2.05) is 31.2 Å². The van der Waals surface area contributed by atoms with Crippen molar-refractivity contribution in [1.29, 1.82) is 0 Å². The van der Waals surface area contributed by atoms with Crippen LogP contribution in [-0.4, -0.2) is 6.54 Å². The molecular formula is C10H12N4. The molecule has 0 radical (unpaired) electrons. The lowest BCUT2D eigenvalue weighted by molar-refractivity contribution is 1.22. The molecule has 0 fully saturated rings. The van der Waals surface area contributed by atoms with Crippen LogP contribution in [-0.2, 0) is 0 Å². The summed E-state index contributed by atoms with van der Waals surface area (Å²) in [6.07, 6.45) is 3.66. The summed E-state index contributed by atoms with van der Waals surface area (Å²) < 4.78 is 0. The van der Waals surface area contributed by atoms with Gasteiger partial charge in [0.15, 0.2) is 0 Å². The van der Waals surface area contributed by atoms with Crippen molar-refractivity contribution >= 4 is 11.8 Å². The number of benzene rings is 1. The average Bonchev–Trinajstić information content (AvgIpc) is 2.16. The molecule has 1 rings (SSSR count). The highest BCUT2D eigenvalue weighted by atomic mass is 15.1. The van der Waals surface area contributed by atoms with E-state index in [1.165, 1.54) is 0 Å². The Morgan fingerprint density at radius 1 is 1.57 bits per heavy atom. The van der Waals surface area contributed by atoms with E-state index in [4.69, 9.17) is 11.3 Å². The summed E-state index contributed by atoms with van der Waals surface area (Å²) >= 11 is 0. The highest BCUT2D eigenvalue weighted by molar-refractivity contribution is 5.67. The third-order valence-corrected chi connectivity index (χ3v) is 1.89. The fourth-order valence-electron chi connectivity index (χ4n) is 1.19. The van der Waals surface area contributed by atoms with Gasteiger partial charge in [-0.1, -0.05) is 29.4 Å². The zero-order valence-corrected chi connectivity index (χ0v) is 8.01. The van der Waals surface area contributed by atoms with E-state index >= 15 is 0 Å². The lowest BCUT2D eigenvalue weighted by atomic mass is 10.1. The minimum Gasteiger partial charge on any atom is -0.398 e. The summed E-state index contributed by atoms with van der Waals surface area (Å²) in [6.45, 7) is 2.34. The molecule has 0 aromatic heterocycles. The van der Waals surface area contributed by atoms with Crippen LogP contribution in [0.15, 0.2) is 29.4 Å². The van der Waals surface area contributed by atoms with Gasteiger partial charge in [0.1, 0.15) is 0 Å². The van der Waals surface area contributed by atoms with Gasteiger partial charge >= 0.3 is 0 Å². The van der Waals surface area contributed by atoms with E-state index < -0.39 is 0 Å². The number of azide groups is 1. The van der Waals surface area contributed by atoms with Crippen LogP contribution in [0.1, 0.15) is 11.1 Å². The standard InChI is InChI=1S/C10H12N4/c1-8-4-2-6-10(11)9(8)5-3-7-13-14-12/h2-6H,7,11H2,1H3. The molecule has 0 saturated carbocycles. The average molecular weight is 188 g/mol. The molecule has 0 aliphatic heterocycles. The van der Waals surface area contributed by atoms with Crippen LogP contribution in [0.4, 0.5) is 5.69 Å². The summed E-state index contributed by atoms with van der Waals surface area (Å²) in [5, 5.41) is 3.40. The molecule has 4 nitrogen and oxygen atoms in total. The molecule has 0 atom stereocenters. The van der Waals surface area contributed by atoms with E-state index in [9.17, 15) is 0 Å². The molecule has 72 valence electrons. The van der Waals surface area contributed by atoms with Gasteiger partial charge in [-0.3, -0.25) is 0 Å². The van der Waals surface area contributed by atoms with Gasteiger partial charge in [-0.15, -0.1) is 0 Å². The second kappa shape index (κ2) is 4.94. The molecule has 0 heterocycles. The fraction of sp³-hybridized carbons (Fsp3) is 0.200. The number of nitrogens with zero attached hydrogens (tertiary/aromatic N) is 3. The summed E-state index contributed by atoms with van der Waals surface area (Å²) in [6, 6.07) is 5.75. The first-order valence-corrected chi connectivity index (χ1v) is 4.28. The van der Waals surface area contributed by atoms with Crippen LogP contribution >= 0.6 is 0 Å². The smallest absolute Gasteiger partial charge is 0.0443 e. The lowest BCUT2D eigenvalue weighted by Crippen LogP contribution is -1.91. The van der Waals surface area contributed by atoms with Gasteiger partial charge in [0.25, 0.3) is 0 Å². The van der Waals surface area contributed by atoms with E-state index in [-0.39, 0.29) is 0 Å². The summed E-state index contributed by atoms with van der Waals surface area (Å²) in [5.74, 6) is 0. The fourth-order valence-corrected chi connectivity index (χ4v) is 1.19. The number of rotatable bonds is 3. The van der Waals surface area contributed by atoms with Gasteiger partial charge < -0.3 is 5.73 Å². The molecule has 1 aromatic rings. The molecule has 0 bridgehead atoms. The minimum absolute atomic E-state index is 0.351. The summed E-state index contributed by atoms with van der Waals surface area (Å²) in [4.78, 5) is 2.65. The maximum Gasteiger partial charge on any atom is 0.0443 e. The Balaban J connectivity index is 2.85.